The zero-order valence-corrected chi connectivity index (χ0v) is 10.7. The third kappa shape index (κ3) is 2.54. The van der Waals surface area contributed by atoms with Crippen LogP contribution in [-0.4, -0.2) is 42.2 Å². The first-order valence-electron chi connectivity index (χ1n) is 6.48. The minimum absolute atomic E-state index is 0.00788. The minimum atomic E-state index is -0.263. The van der Waals surface area contributed by atoms with Crippen LogP contribution >= 0.6 is 0 Å². The number of aliphatic hydroxyl groups is 1. The number of amides is 1. The predicted molar refractivity (Wildman–Crippen MR) is 70.2 cm³/mol. The standard InChI is InChI=1S/C14H20N2O2/c1-2-16(9-10-17)14(18)13-12-6-4-3-5-11(12)7-8-15-13/h3-6,13,15,17H,2,7-10H2,1H3. The first-order chi connectivity index (χ1) is 8.77. The average Bonchev–Trinajstić information content (AvgIpc) is 2.43. The number of nitrogens with zero attached hydrogens (tertiary/aromatic N) is 1. The zero-order valence-electron chi connectivity index (χ0n) is 10.7. The van der Waals surface area contributed by atoms with E-state index < -0.39 is 0 Å². The van der Waals surface area contributed by atoms with E-state index in [-0.39, 0.29) is 18.6 Å². The molecule has 0 saturated carbocycles. The summed E-state index contributed by atoms with van der Waals surface area (Å²) in [6.07, 6.45) is 0.964. The lowest BCUT2D eigenvalue weighted by molar-refractivity contribution is -0.134. The second kappa shape index (κ2) is 5.98. The van der Waals surface area contributed by atoms with Crippen LogP contribution in [-0.2, 0) is 11.2 Å². The van der Waals surface area contributed by atoms with Crippen molar-refractivity contribution in [1.29, 1.82) is 0 Å². The van der Waals surface area contributed by atoms with E-state index >= 15 is 0 Å². The Labute approximate surface area is 108 Å². The highest BCUT2D eigenvalue weighted by Gasteiger charge is 2.28. The van der Waals surface area contributed by atoms with Crippen molar-refractivity contribution in [3.63, 3.8) is 0 Å². The first-order valence-corrected chi connectivity index (χ1v) is 6.48. The van der Waals surface area contributed by atoms with Gasteiger partial charge in [0.15, 0.2) is 0 Å². The molecule has 0 aromatic heterocycles. The predicted octanol–water partition coefficient (Wildman–Crippen LogP) is 0.714. The van der Waals surface area contributed by atoms with Crippen LogP contribution < -0.4 is 5.32 Å². The van der Waals surface area contributed by atoms with Crippen LogP contribution in [0.15, 0.2) is 24.3 Å². The maximum Gasteiger partial charge on any atom is 0.244 e. The highest BCUT2D eigenvalue weighted by atomic mass is 16.3. The summed E-state index contributed by atoms with van der Waals surface area (Å²) in [6.45, 7) is 3.79. The Bertz CT molecular complexity index is 420. The fourth-order valence-electron chi connectivity index (χ4n) is 2.45. The Hall–Kier alpha value is -1.39. The van der Waals surface area contributed by atoms with Crippen LogP contribution in [0.4, 0.5) is 0 Å². The fourth-order valence-corrected chi connectivity index (χ4v) is 2.45. The van der Waals surface area contributed by atoms with Gasteiger partial charge in [-0.25, -0.2) is 0 Å². The van der Waals surface area contributed by atoms with E-state index in [2.05, 4.69) is 11.4 Å². The van der Waals surface area contributed by atoms with Crippen molar-refractivity contribution in [2.24, 2.45) is 0 Å². The van der Waals surface area contributed by atoms with E-state index in [9.17, 15) is 4.79 Å². The summed E-state index contributed by atoms with van der Waals surface area (Å²) < 4.78 is 0. The number of fused-ring (bicyclic) bond motifs is 1. The Morgan fingerprint density at radius 2 is 2.28 bits per heavy atom. The topological polar surface area (TPSA) is 52.6 Å². The molecule has 1 aliphatic heterocycles. The lowest BCUT2D eigenvalue weighted by atomic mass is 9.93. The fraction of sp³-hybridized carbons (Fsp3) is 0.500. The summed E-state index contributed by atoms with van der Waals surface area (Å²) in [4.78, 5) is 14.1. The lowest BCUT2D eigenvalue weighted by Crippen LogP contribution is -2.44. The molecule has 2 rings (SSSR count). The van der Waals surface area contributed by atoms with Crippen LogP contribution in [0.1, 0.15) is 24.1 Å². The molecular formula is C14H20N2O2. The first kappa shape index (κ1) is 13.1. The van der Waals surface area contributed by atoms with Crippen molar-refractivity contribution in [3.8, 4) is 0 Å². The number of nitrogens with one attached hydrogen (secondary N) is 1. The number of hydrogen-bond donors (Lipinski definition) is 2. The molecule has 1 aromatic rings. The van der Waals surface area contributed by atoms with Gasteiger partial charge in [-0.05, 0) is 24.5 Å². The van der Waals surface area contributed by atoms with E-state index in [0.29, 0.717) is 13.1 Å². The molecule has 0 saturated heterocycles. The molecule has 4 nitrogen and oxygen atoms in total. The largest absolute Gasteiger partial charge is 0.395 e. The van der Waals surface area contributed by atoms with Gasteiger partial charge in [-0.3, -0.25) is 4.79 Å². The molecule has 1 amide bonds. The molecule has 0 fully saturated rings. The second-order valence-corrected chi connectivity index (χ2v) is 4.48. The van der Waals surface area contributed by atoms with E-state index in [1.165, 1.54) is 5.56 Å². The lowest BCUT2D eigenvalue weighted by Gasteiger charge is -2.30. The zero-order chi connectivity index (χ0) is 13.0. The number of aliphatic hydroxyl groups excluding tert-OH is 1. The van der Waals surface area contributed by atoms with Gasteiger partial charge in [-0.2, -0.15) is 0 Å². The normalized spacial score (nSPS) is 18.2. The Morgan fingerprint density at radius 1 is 1.50 bits per heavy atom. The molecule has 0 aliphatic carbocycles. The molecule has 18 heavy (non-hydrogen) atoms. The molecule has 1 unspecified atom stereocenters. The molecule has 1 atom stereocenters. The number of benzene rings is 1. The maximum absolute atomic E-state index is 12.4. The molecule has 1 heterocycles. The molecule has 98 valence electrons. The molecule has 2 N–H and O–H groups in total. The van der Waals surface area contributed by atoms with Gasteiger partial charge < -0.3 is 15.3 Å². The molecule has 4 heteroatoms. The van der Waals surface area contributed by atoms with Gasteiger partial charge in [0.25, 0.3) is 0 Å². The van der Waals surface area contributed by atoms with Gasteiger partial charge in [-0.1, -0.05) is 24.3 Å². The van der Waals surface area contributed by atoms with E-state index in [1.54, 1.807) is 4.90 Å². The third-order valence-electron chi connectivity index (χ3n) is 3.42. The number of likely N-dealkylation sites (N-methyl/N-ethyl adjacent to an activating group) is 1. The Kier molecular flexibility index (Phi) is 4.33. The quantitative estimate of drug-likeness (QED) is 0.825. The van der Waals surface area contributed by atoms with Gasteiger partial charge >= 0.3 is 0 Å². The van der Waals surface area contributed by atoms with Crippen LogP contribution in [0.5, 0.6) is 0 Å². The molecule has 0 spiro atoms. The molecule has 1 aromatic carbocycles. The monoisotopic (exact) mass is 248 g/mol. The van der Waals surface area contributed by atoms with E-state index in [0.717, 1.165) is 18.5 Å². The van der Waals surface area contributed by atoms with Crippen LogP contribution in [0.2, 0.25) is 0 Å². The summed E-state index contributed by atoms with van der Waals surface area (Å²) in [5.41, 5.74) is 2.32. The van der Waals surface area contributed by atoms with E-state index in [1.807, 2.05) is 25.1 Å². The van der Waals surface area contributed by atoms with Crippen LogP contribution in [0, 0.1) is 0 Å². The van der Waals surface area contributed by atoms with Crippen molar-refractivity contribution >= 4 is 5.91 Å². The highest BCUT2D eigenvalue weighted by molar-refractivity contribution is 5.84. The highest BCUT2D eigenvalue weighted by Crippen LogP contribution is 2.24. The van der Waals surface area contributed by atoms with Crippen LogP contribution in [0.25, 0.3) is 0 Å². The molecular weight excluding hydrogens is 228 g/mol. The number of carbonyl (C=O) groups is 1. The Balaban J connectivity index is 2.21. The van der Waals surface area contributed by atoms with Gasteiger partial charge in [0.2, 0.25) is 5.91 Å². The number of hydrogen-bond acceptors (Lipinski definition) is 3. The number of carbonyl (C=O) groups excluding carboxylic acids is 1. The second-order valence-electron chi connectivity index (χ2n) is 4.48. The SMILES string of the molecule is CCN(CCO)C(=O)C1NCCc2ccccc21. The van der Waals surface area contributed by atoms with Crippen molar-refractivity contribution in [1.82, 2.24) is 10.2 Å². The third-order valence-corrected chi connectivity index (χ3v) is 3.42. The summed E-state index contributed by atoms with van der Waals surface area (Å²) in [7, 11) is 0. The summed E-state index contributed by atoms with van der Waals surface area (Å²) in [6, 6.07) is 7.81. The van der Waals surface area contributed by atoms with Crippen molar-refractivity contribution in [3.05, 3.63) is 35.4 Å². The summed E-state index contributed by atoms with van der Waals surface area (Å²) >= 11 is 0. The number of rotatable bonds is 4. The summed E-state index contributed by atoms with van der Waals surface area (Å²) in [5.74, 6) is 0.0544. The maximum atomic E-state index is 12.4. The Morgan fingerprint density at radius 3 is 3.00 bits per heavy atom. The van der Waals surface area contributed by atoms with Gasteiger partial charge in [0.05, 0.1) is 6.61 Å². The van der Waals surface area contributed by atoms with Gasteiger partial charge in [-0.15, -0.1) is 0 Å². The van der Waals surface area contributed by atoms with Gasteiger partial charge in [0.1, 0.15) is 6.04 Å². The molecule has 0 radical (unpaired) electrons. The van der Waals surface area contributed by atoms with Crippen molar-refractivity contribution < 1.29 is 9.90 Å². The summed E-state index contributed by atoms with van der Waals surface area (Å²) in [5, 5.41) is 12.3. The minimum Gasteiger partial charge on any atom is -0.395 e. The molecule has 0 bridgehead atoms. The molecule has 1 aliphatic rings. The van der Waals surface area contributed by atoms with Crippen LogP contribution in [0.3, 0.4) is 0 Å². The average molecular weight is 248 g/mol. The van der Waals surface area contributed by atoms with Gasteiger partial charge in [0, 0.05) is 19.6 Å². The van der Waals surface area contributed by atoms with Crippen molar-refractivity contribution in [2.75, 3.05) is 26.2 Å². The van der Waals surface area contributed by atoms with E-state index in [4.69, 9.17) is 5.11 Å². The van der Waals surface area contributed by atoms with Crippen molar-refractivity contribution in [2.45, 2.75) is 19.4 Å². The smallest absolute Gasteiger partial charge is 0.244 e.